The molecule has 1 saturated heterocycles. The van der Waals surface area contributed by atoms with Crippen molar-refractivity contribution in [2.45, 2.75) is 109 Å². The smallest absolute Gasteiger partial charge is 0.272 e. The van der Waals surface area contributed by atoms with Gasteiger partial charge in [0, 0.05) is 6.54 Å². The second kappa shape index (κ2) is 18.6. The third kappa shape index (κ3) is 15.5. The predicted octanol–water partition coefficient (Wildman–Crippen LogP) is 6.30. The lowest BCUT2D eigenvalue weighted by atomic mass is 10.1. The Kier molecular flexibility index (Phi) is 17.0. The lowest BCUT2D eigenvalue weighted by Gasteiger charge is -2.15. The van der Waals surface area contributed by atoms with Gasteiger partial charge in [-0.05, 0) is 46.2 Å². The summed E-state index contributed by atoms with van der Waals surface area (Å²) in [5.74, 6) is 0. The molecule has 2 atom stereocenters. The number of likely N-dealkylation sites (N-methyl/N-ethyl adjacent to an activating group) is 1. The number of allylic oxidation sites excluding steroid dienone is 2. The Balaban J connectivity index is 1.76. The van der Waals surface area contributed by atoms with E-state index in [1.54, 1.807) is 0 Å². The van der Waals surface area contributed by atoms with Crippen molar-refractivity contribution in [3.8, 4) is 0 Å². The lowest BCUT2D eigenvalue weighted by molar-refractivity contribution is -0.237. The van der Waals surface area contributed by atoms with Gasteiger partial charge >= 0.3 is 0 Å². The molecule has 28 heavy (non-hydrogen) atoms. The summed E-state index contributed by atoms with van der Waals surface area (Å²) in [5, 5.41) is 0. The van der Waals surface area contributed by atoms with Crippen LogP contribution in [-0.4, -0.2) is 51.3 Å². The molecule has 166 valence electrons. The average molecular weight is 398 g/mol. The van der Waals surface area contributed by atoms with E-state index in [9.17, 15) is 0 Å². The van der Waals surface area contributed by atoms with Gasteiger partial charge in [0.2, 0.25) is 0 Å². The average Bonchev–Trinajstić information content (AvgIpc) is 3.10. The SMILES string of the molecule is CCCCCCCC/C=C\CCCCCCCCOC1OCC(CN(C)C)O1. The maximum Gasteiger partial charge on any atom is 0.272 e. The Hall–Kier alpha value is -0.420. The maximum atomic E-state index is 5.71. The van der Waals surface area contributed by atoms with Crippen LogP contribution < -0.4 is 0 Å². The van der Waals surface area contributed by atoms with Gasteiger partial charge in [0.1, 0.15) is 0 Å². The van der Waals surface area contributed by atoms with Gasteiger partial charge in [0.05, 0.1) is 19.3 Å². The van der Waals surface area contributed by atoms with Crippen LogP contribution in [-0.2, 0) is 14.2 Å². The number of hydrogen-bond donors (Lipinski definition) is 0. The van der Waals surface area contributed by atoms with Gasteiger partial charge in [-0.15, -0.1) is 0 Å². The molecule has 0 radical (unpaired) electrons. The van der Waals surface area contributed by atoms with Crippen molar-refractivity contribution in [2.24, 2.45) is 0 Å². The Morgan fingerprint density at radius 3 is 2.00 bits per heavy atom. The number of nitrogens with zero attached hydrogens (tertiary/aromatic N) is 1. The summed E-state index contributed by atoms with van der Waals surface area (Å²) in [5.41, 5.74) is 0. The summed E-state index contributed by atoms with van der Waals surface area (Å²) in [4.78, 5) is 2.11. The molecule has 1 heterocycles. The highest BCUT2D eigenvalue weighted by atomic mass is 16.9. The van der Waals surface area contributed by atoms with Crippen molar-refractivity contribution in [3.63, 3.8) is 0 Å². The molecule has 0 saturated carbocycles. The first-order valence-electron chi connectivity index (χ1n) is 11.9. The summed E-state index contributed by atoms with van der Waals surface area (Å²) in [6.45, 7) is 4.08. The number of rotatable bonds is 19. The van der Waals surface area contributed by atoms with Gasteiger partial charge in [0.15, 0.2) is 0 Å². The Bertz CT molecular complexity index is 360. The second-order valence-corrected chi connectivity index (χ2v) is 8.45. The van der Waals surface area contributed by atoms with Crippen molar-refractivity contribution in [1.29, 1.82) is 0 Å². The molecule has 4 nitrogen and oxygen atoms in total. The molecule has 0 amide bonds. The molecular weight excluding hydrogens is 350 g/mol. The lowest BCUT2D eigenvalue weighted by Crippen LogP contribution is -2.28. The molecule has 1 rings (SSSR count). The normalized spacial score (nSPS) is 20.0. The fraction of sp³-hybridized carbons (Fsp3) is 0.917. The third-order valence-electron chi connectivity index (χ3n) is 5.20. The Morgan fingerprint density at radius 1 is 0.821 bits per heavy atom. The van der Waals surface area contributed by atoms with Crippen molar-refractivity contribution in [3.05, 3.63) is 12.2 Å². The van der Waals surface area contributed by atoms with Gasteiger partial charge in [-0.25, -0.2) is 0 Å². The summed E-state index contributed by atoms with van der Waals surface area (Å²) in [6, 6.07) is 0. The fourth-order valence-corrected chi connectivity index (χ4v) is 3.54. The first-order valence-corrected chi connectivity index (χ1v) is 11.9. The highest BCUT2D eigenvalue weighted by Gasteiger charge is 2.26. The van der Waals surface area contributed by atoms with E-state index in [0.717, 1.165) is 19.6 Å². The minimum absolute atomic E-state index is 0.139. The molecule has 1 aliphatic heterocycles. The second-order valence-electron chi connectivity index (χ2n) is 8.45. The zero-order valence-electron chi connectivity index (χ0n) is 19.0. The molecule has 0 aliphatic carbocycles. The van der Waals surface area contributed by atoms with E-state index in [0.29, 0.717) is 6.61 Å². The summed E-state index contributed by atoms with van der Waals surface area (Å²) in [7, 11) is 4.09. The zero-order valence-corrected chi connectivity index (χ0v) is 19.0. The minimum Gasteiger partial charge on any atom is -0.330 e. The van der Waals surface area contributed by atoms with Crippen LogP contribution in [0.2, 0.25) is 0 Å². The highest BCUT2D eigenvalue weighted by Crippen LogP contribution is 2.14. The van der Waals surface area contributed by atoms with E-state index in [-0.39, 0.29) is 6.10 Å². The van der Waals surface area contributed by atoms with Crippen LogP contribution in [0.4, 0.5) is 0 Å². The largest absolute Gasteiger partial charge is 0.330 e. The highest BCUT2D eigenvalue weighted by molar-refractivity contribution is 4.81. The van der Waals surface area contributed by atoms with E-state index in [1.807, 2.05) is 14.1 Å². The minimum atomic E-state index is -0.451. The maximum absolute atomic E-state index is 5.71. The molecule has 1 fully saturated rings. The van der Waals surface area contributed by atoms with Crippen LogP contribution in [0, 0.1) is 0 Å². The summed E-state index contributed by atoms with van der Waals surface area (Å²) in [6.07, 6.45) is 23.5. The topological polar surface area (TPSA) is 30.9 Å². The quantitative estimate of drug-likeness (QED) is 0.189. The van der Waals surface area contributed by atoms with Crippen LogP contribution >= 0.6 is 0 Å². The van der Waals surface area contributed by atoms with Crippen LogP contribution in [0.15, 0.2) is 12.2 Å². The molecule has 0 bridgehead atoms. The Labute approximate surface area is 175 Å². The van der Waals surface area contributed by atoms with E-state index in [2.05, 4.69) is 24.0 Å². The van der Waals surface area contributed by atoms with Gasteiger partial charge < -0.3 is 19.1 Å². The molecule has 0 aromatic rings. The zero-order chi connectivity index (χ0) is 20.3. The summed E-state index contributed by atoms with van der Waals surface area (Å²) >= 11 is 0. The number of hydrogen-bond acceptors (Lipinski definition) is 4. The van der Waals surface area contributed by atoms with Gasteiger partial charge in [-0.3, -0.25) is 0 Å². The van der Waals surface area contributed by atoms with Crippen LogP contribution in [0.5, 0.6) is 0 Å². The fourth-order valence-electron chi connectivity index (χ4n) is 3.54. The molecule has 0 N–H and O–H groups in total. The van der Waals surface area contributed by atoms with Gasteiger partial charge in [-0.2, -0.15) is 0 Å². The molecule has 1 aliphatic rings. The monoisotopic (exact) mass is 397 g/mol. The van der Waals surface area contributed by atoms with Crippen LogP contribution in [0.25, 0.3) is 0 Å². The Morgan fingerprint density at radius 2 is 1.39 bits per heavy atom. The molecular formula is C24H47NO3. The number of unbranched alkanes of at least 4 members (excludes halogenated alkanes) is 12. The van der Waals surface area contributed by atoms with Crippen molar-refractivity contribution >= 4 is 0 Å². The molecule has 0 aromatic heterocycles. The van der Waals surface area contributed by atoms with Crippen LogP contribution in [0.1, 0.15) is 96.8 Å². The number of ether oxygens (including phenoxy) is 3. The van der Waals surface area contributed by atoms with E-state index in [1.165, 1.54) is 83.5 Å². The van der Waals surface area contributed by atoms with Gasteiger partial charge in [-0.1, -0.05) is 76.9 Å². The summed E-state index contributed by atoms with van der Waals surface area (Å²) < 4.78 is 16.9. The van der Waals surface area contributed by atoms with Crippen molar-refractivity contribution < 1.29 is 14.2 Å². The van der Waals surface area contributed by atoms with Crippen LogP contribution in [0.3, 0.4) is 0 Å². The van der Waals surface area contributed by atoms with E-state index in [4.69, 9.17) is 14.2 Å². The molecule has 0 aromatic carbocycles. The van der Waals surface area contributed by atoms with E-state index < -0.39 is 6.48 Å². The van der Waals surface area contributed by atoms with Gasteiger partial charge in [0.25, 0.3) is 6.48 Å². The molecule has 2 unspecified atom stereocenters. The predicted molar refractivity (Wildman–Crippen MR) is 119 cm³/mol. The van der Waals surface area contributed by atoms with Crippen molar-refractivity contribution in [2.75, 3.05) is 33.9 Å². The molecule has 0 spiro atoms. The first-order chi connectivity index (χ1) is 13.7. The van der Waals surface area contributed by atoms with Crippen molar-refractivity contribution in [1.82, 2.24) is 4.90 Å². The first kappa shape index (κ1) is 25.6. The van der Waals surface area contributed by atoms with E-state index >= 15 is 0 Å². The standard InChI is InChI=1S/C24H47NO3/c1-4-5-6-7-8-9-10-11-12-13-14-15-16-17-18-19-20-26-24-27-22-23(28-24)21-25(2)3/h11-12,23-24H,4-10,13-22H2,1-3H3/b12-11-. The third-order valence-corrected chi connectivity index (χ3v) is 5.20. The molecule has 4 heteroatoms.